The highest BCUT2D eigenvalue weighted by molar-refractivity contribution is 9.10. The lowest BCUT2D eigenvalue weighted by molar-refractivity contribution is 0.0734. The smallest absolute Gasteiger partial charge is 0.344 e. The predicted molar refractivity (Wildman–Crippen MR) is 129 cm³/mol. The molecule has 0 spiro atoms. The molecular formula is C26H15BrO7. The van der Waals surface area contributed by atoms with Crippen molar-refractivity contribution < 1.29 is 23.1 Å². The topological polar surface area (TPSA) is 95.9 Å². The van der Waals surface area contributed by atoms with Crippen LogP contribution in [0.2, 0.25) is 0 Å². The molecular weight excluding hydrogens is 504 g/mol. The number of carbonyl (C=O) groups is 1. The standard InChI is InChI=1S/C26H15BrO7/c1-14-10-24(28)34-22-12-15(6-8-17(14)22)32-23-13-31-21-11-16(7-9-19(21)25(23)29)33-26(30)18-4-2-3-5-20(18)27/h2-13H,1H3. The van der Waals surface area contributed by atoms with E-state index in [4.69, 9.17) is 18.3 Å². The van der Waals surface area contributed by atoms with Crippen LogP contribution in [0.25, 0.3) is 21.9 Å². The summed E-state index contributed by atoms with van der Waals surface area (Å²) in [5.41, 5.74) is 0.853. The molecule has 5 aromatic rings. The van der Waals surface area contributed by atoms with Gasteiger partial charge in [-0.25, -0.2) is 9.59 Å². The minimum absolute atomic E-state index is 0.0418. The van der Waals surface area contributed by atoms with Crippen LogP contribution in [0, 0.1) is 6.92 Å². The van der Waals surface area contributed by atoms with Crippen LogP contribution in [-0.2, 0) is 0 Å². The molecule has 0 aliphatic carbocycles. The van der Waals surface area contributed by atoms with Gasteiger partial charge in [0.1, 0.15) is 28.9 Å². The summed E-state index contributed by atoms with van der Waals surface area (Å²) < 4.78 is 22.5. The summed E-state index contributed by atoms with van der Waals surface area (Å²) in [6, 6.07) is 17.7. The maximum Gasteiger partial charge on any atom is 0.344 e. The van der Waals surface area contributed by atoms with Gasteiger partial charge in [0.25, 0.3) is 0 Å². The summed E-state index contributed by atoms with van der Waals surface area (Å²) in [7, 11) is 0. The van der Waals surface area contributed by atoms with Gasteiger partial charge in [-0.3, -0.25) is 4.79 Å². The minimum atomic E-state index is -0.549. The Morgan fingerprint density at radius 1 is 0.882 bits per heavy atom. The third-order valence-electron chi connectivity index (χ3n) is 5.17. The molecule has 0 saturated carbocycles. The maximum atomic E-state index is 12.9. The van der Waals surface area contributed by atoms with Gasteiger partial charge >= 0.3 is 11.6 Å². The molecule has 3 aromatic carbocycles. The second-order valence-electron chi connectivity index (χ2n) is 7.46. The highest BCUT2D eigenvalue weighted by atomic mass is 79.9. The molecule has 34 heavy (non-hydrogen) atoms. The quantitative estimate of drug-likeness (QED) is 0.164. The Morgan fingerprint density at radius 3 is 2.44 bits per heavy atom. The Bertz CT molecular complexity index is 1700. The second kappa shape index (κ2) is 8.64. The SMILES string of the molecule is Cc1cc(=O)oc2cc(Oc3coc4cc(OC(=O)c5ccccc5Br)ccc4c3=O)ccc12. The predicted octanol–water partition coefficient (Wildman–Crippen LogP) is 5.98. The fourth-order valence-electron chi connectivity index (χ4n) is 3.51. The van der Waals surface area contributed by atoms with Crippen molar-refractivity contribution >= 4 is 43.8 Å². The number of halogens is 1. The van der Waals surface area contributed by atoms with Crippen molar-refractivity contribution in [2.45, 2.75) is 6.92 Å². The fourth-order valence-corrected chi connectivity index (χ4v) is 3.96. The molecule has 0 radical (unpaired) electrons. The highest BCUT2D eigenvalue weighted by Gasteiger charge is 2.15. The van der Waals surface area contributed by atoms with Crippen molar-refractivity contribution in [1.29, 1.82) is 0 Å². The van der Waals surface area contributed by atoms with Crippen LogP contribution in [0.15, 0.2) is 95.9 Å². The molecule has 0 aliphatic rings. The van der Waals surface area contributed by atoms with E-state index in [1.807, 2.05) is 6.92 Å². The fraction of sp³-hybridized carbons (Fsp3) is 0.0385. The largest absolute Gasteiger partial charge is 0.460 e. The Labute approximate surface area is 200 Å². The van der Waals surface area contributed by atoms with Gasteiger partial charge < -0.3 is 18.3 Å². The first kappa shape index (κ1) is 21.7. The van der Waals surface area contributed by atoms with Gasteiger partial charge in [-0.15, -0.1) is 0 Å². The molecule has 5 rings (SSSR count). The van der Waals surface area contributed by atoms with Gasteiger partial charge in [0, 0.05) is 28.1 Å². The summed E-state index contributed by atoms with van der Waals surface area (Å²) in [6.07, 6.45) is 1.18. The van der Waals surface area contributed by atoms with Crippen molar-refractivity contribution in [3.63, 3.8) is 0 Å². The van der Waals surface area contributed by atoms with Gasteiger partial charge in [0.15, 0.2) is 0 Å². The highest BCUT2D eigenvalue weighted by Crippen LogP contribution is 2.28. The molecule has 2 heterocycles. The number of benzene rings is 3. The van der Waals surface area contributed by atoms with Crippen LogP contribution in [0.5, 0.6) is 17.2 Å². The molecule has 0 fully saturated rings. The van der Waals surface area contributed by atoms with Gasteiger partial charge in [0.05, 0.1) is 10.9 Å². The van der Waals surface area contributed by atoms with Gasteiger partial charge in [-0.1, -0.05) is 12.1 Å². The van der Waals surface area contributed by atoms with Gasteiger partial charge in [-0.2, -0.15) is 0 Å². The zero-order chi connectivity index (χ0) is 23.8. The van der Waals surface area contributed by atoms with E-state index < -0.39 is 17.0 Å². The molecule has 0 N–H and O–H groups in total. The molecule has 8 heteroatoms. The minimum Gasteiger partial charge on any atom is -0.460 e. The van der Waals surface area contributed by atoms with Crippen molar-refractivity contribution in [3.8, 4) is 17.2 Å². The Balaban J connectivity index is 1.43. The van der Waals surface area contributed by atoms with Crippen LogP contribution >= 0.6 is 15.9 Å². The number of fused-ring (bicyclic) bond motifs is 2. The van der Waals surface area contributed by atoms with E-state index in [1.54, 1.807) is 36.4 Å². The van der Waals surface area contributed by atoms with Crippen molar-refractivity contribution in [2.24, 2.45) is 0 Å². The third kappa shape index (κ3) is 4.11. The lowest BCUT2D eigenvalue weighted by Gasteiger charge is -2.08. The molecule has 0 saturated heterocycles. The van der Waals surface area contributed by atoms with E-state index >= 15 is 0 Å². The van der Waals surface area contributed by atoms with E-state index in [2.05, 4.69) is 15.9 Å². The number of carbonyl (C=O) groups excluding carboxylic acids is 1. The first-order valence-electron chi connectivity index (χ1n) is 10.1. The monoisotopic (exact) mass is 518 g/mol. The summed E-state index contributed by atoms with van der Waals surface area (Å²) in [5, 5.41) is 1.02. The summed E-state index contributed by atoms with van der Waals surface area (Å²) >= 11 is 3.32. The molecule has 0 amide bonds. The zero-order valence-electron chi connectivity index (χ0n) is 17.7. The van der Waals surface area contributed by atoms with Crippen molar-refractivity contribution in [3.05, 3.63) is 109 Å². The van der Waals surface area contributed by atoms with E-state index in [9.17, 15) is 14.4 Å². The molecule has 0 atom stereocenters. The molecule has 168 valence electrons. The van der Waals surface area contributed by atoms with Crippen molar-refractivity contribution in [2.75, 3.05) is 0 Å². The summed E-state index contributed by atoms with van der Waals surface area (Å²) in [4.78, 5) is 37.0. The van der Waals surface area contributed by atoms with E-state index in [0.717, 1.165) is 10.9 Å². The van der Waals surface area contributed by atoms with Crippen LogP contribution in [-0.4, -0.2) is 5.97 Å². The lowest BCUT2D eigenvalue weighted by Crippen LogP contribution is -2.09. The van der Waals surface area contributed by atoms with Crippen LogP contribution in [0.1, 0.15) is 15.9 Å². The van der Waals surface area contributed by atoms with Crippen LogP contribution in [0.3, 0.4) is 0 Å². The number of aryl methyl sites for hydroxylation is 1. The second-order valence-corrected chi connectivity index (χ2v) is 8.32. The van der Waals surface area contributed by atoms with E-state index in [1.165, 1.54) is 36.6 Å². The average molecular weight is 519 g/mol. The number of ether oxygens (including phenoxy) is 2. The zero-order valence-corrected chi connectivity index (χ0v) is 19.2. The summed E-state index contributed by atoms with van der Waals surface area (Å²) in [5.74, 6) is -0.0518. The molecule has 0 unspecified atom stereocenters. The first-order chi connectivity index (χ1) is 16.4. The molecule has 7 nitrogen and oxygen atoms in total. The third-order valence-corrected chi connectivity index (χ3v) is 5.86. The lowest BCUT2D eigenvalue weighted by atomic mass is 10.1. The average Bonchev–Trinajstić information content (AvgIpc) is 2.81. The summed E-state index contributed by atoms with van der Waals surface area (Å²) in [6.45, 7) is 1.81. The number of hydrogen-bond donors (Lipinski definition) is 0. The van der Waals surface area contributed by atoms with Crippen LogP contribution < -0.4 is 20.5 Å². The normalized spacial score (nSPS) is 11.0. The Kier molecular flexibility index (Phi) is 5.51. The van der Waals surface area contributed by atoms with E-state index in [-0.39, 0.29) is 22.5 Å². The molecule has 2 aromatic heterocycles. The number of esters is 1. The van der Waals surface area contributed by atoms with Crippen molar-refractivity contribution in [1.82, 2.24) is 0 Å². The number of hydrogen-bond acceptors (Lipinski definition) is 7. The molecule has 0 bridgehead atoms. The van der Waals surface area contributed by atoms with E-state index in [0.29, 0.717) is 21.4 Å². The Hall–Kier alpha value is -4.17. The number of rotatable bonds is 4. The Morgan fingerprint density at radius 2 is 1.62 bits per heavy atom. The first-order valence-corrected chi connectivity index (χ1v) is 10.9. The van der Waals surface area contributed by atoms with Gasteiger partial charge in [-0.05, 0) is 64.8 Å². The maximum absolute atomic E-state index is 12.9. The van der Waals surface area contributed by atoms with Gasteiger partial charge in [0.2, 0.25) is 11.2 Å². The van der Waals surface area contributed by atoms with Crippen LogP contribution in [0.4, 0.5) is 0 Å². The molecule has 0 aliphatic heterocycles.